The molecule has 5 heteroatoms. The molecule has 0 radical (unpaired) electrons. The molecular weight excluding hydrogens is 284 g/mol. The number of carbonyl (C=O) groups is 2. The van der Waals surface area contributed by atoms with Gasteiger partial charge < -0.3 is 14.2 Å². The SMILES string of the molecule is CCO[C@H]1C=C2c3ccccc3CO[C@H]2[C@H]2C(=O)OC(=O)[C@H]21. The van der Waals surface area contributed by atoms with Gasteiger partial charge in [-0.05, 0) is 29.7 Å². The van der Waals surface area contributed by atoms with Crippen LogP contribution in [0.2, 0.25) is 0 Å². The maximum atomic E-state index is 12.1. The molecule has 3 aliphatic rings. The van der Waals surface area contributed by atoms with Crippen molar-refractivity contribution < 1.29 is 23.8 Å². The fraction of sp³-hybridized carbons (Fsp3) is 0.412. The van der Waals surface area contributed by atoms with Gasteiger partial charge in [-0.1, -0.05) is 24.3 Å². The predicted octanol–water partition coefficient (Wildman–Crippen LogP) is 1.70. The summed E-state index contributed by atoms with van der Waals surface area (Å²) in [5.74, 6) is -2.23. The van der Waals surface area contributed by atoms with Crippen LogP contribution in [0.1, 0.15) is 18.1 Å². The Balaban J connectivity index is 1.84. The maximum absolute atomic E-state index is 12.1. The minimum Gasteiger partial charge on any atom is -0.393 e. The van der Waals surface area contributed by atoms with Gasteiger partial charge in [-0.3, -0.25) is 9.59 Å². The smallest absolute Gasteiger partial charge is 0.320 e. The molecule has 0 N–H and O–H groups in total. The highest BCUT2D eigenvalue weighted by Crippen LogP contribution is 2.45. The molecule has 1 fully saturated rings. The molecule has 0 amide bonds. The molecule has 4 rings (SSSR count). The first-order valence-corrected chi connectivity index (χ1v) is 7.49. The van der Waals surface area contributed by atoms with Crippen LogP contribution < -0.4 is 0 Å². The molecule has 0 bridgehead atoms. The van der Waals surface area contributed by atoms with Crippen LogP contribution in [-0.4, -0.2) is 30.8 Å². The lowest BCUT2D eigenvalue weighted by Gasteiger charge is -2.38. The van der Waals surface area contributed by atoms with Gasteiger partial charge in [0.15, 0.2) is 0 Å². The lowest BCUT2D eigenvalue weighted by atomic mass is 9.73. The molecule has 22 heavy (non-hydrogen) atoms. The standard InChI is InChI=1S/C17H16O5/c1-2-20-12-7-11-10-6-4-3-5-9(10)8-21-15(11)14-13(12)16(18)22-17(14)19/h3-7,12-15H,2,8H2,1H3/t12-,13-,14-,15+/m0/s1. The van der Waals surface area contributed by atoms with E-state index in [1.165, 1.54) is 0 Å². The highest BCUT2D eigenvalue weighted by molar-refractivity contribution is 6.00. The van der Waals surface area contributed by atoms with Gasteiger partial charge >= 0.3 is 11.9 Å². The van der Waals surface area contributed by atoms with Crippen LogP contribution in [0.5, 0.6) is 0 Å². The van der Waals surface area contributed by atoms with E-state index >= 15 is 0 Å². The summed E-state index contributed by atoms with van der Waals surface area (Å²) >= 11 is 0. The van der Waals surface area contributed by atoms with Gasteiger partial charge in [0.25, 0.3) is 0 Å². The Labute approximate surface area is 127 Å². The molecule has 2 aliphatic heterocycles. The van der Waals surface area contributed by atoms with Gasteiger partial charge in [-0.2, -0.15) is 0 Å². The number of esters is 2. The molecule has 0 saturated carbocycles. The van der Waals surface area contributed by atoms with Gasteiger partial charge in [0.1, 0.15) is 11.8 Å². The second kappa shape index (κ2) is 5.04. The van der Waals surface area contributed by atoms with Gasteiger partial charge in [-0.25, -0.2) is 0 Å². The number of carbonyl (C=O) groups excluding carboxylic acids is 2. The molecule has 0 unspecified atom stereocenters. The van der Waals surface area contributed by atoms with E-state index < -0.39 is 36.0 Å². The van der Waals surface area contributed by atoms with Crippen LogP contribution in [0.25, 0.3) is 5.57 Å². The molecule has 1 aromatic carbocycles. The fourth-order valence-electron chi connectivity index (χ4n) is 3.64. The lowest BCUT2D eigenvalue weighted by molar-refractivity contribution is -0.154. The van der Waals surface area contributed by atoms with E-state index in [2.05, 4.69) is 0 Å². The summed E-state index contributed by atoms with van der Waals surface area (Å²) in [7, 11) is 0. The molecule has 0 aromatic heterocycles. The van der Waals surface area contributed by atoms with Crippen molar-refractivity contribution in [2.24, 2.45) is 11.8 Å². The van der Waals surface area contributed by atoms with Gasteiger partial charge in [0.2, 0.25) is 0 Å². The first kappa shape index (κ1) is 13.7. The summed E-state index contributed by atoms with van der Waals surface area (Å²) in [6.07, 6.45) is 1.04. The van der Waals surface area contributed by atoms with Crippen LogP contribution in [0.15, 0.2) is 30.3 Å². The van der Waals surface area contributed by atoms with E-state index in [0.717, 1.165) is 16.7 Å². The number of ether oxygens (including phenoxy) is 3. The van der Waals surface area contributed by atoms with Crippen molar-refractivity contribution in [2.75, 3.05) is 6.61 Å². The summed E-state index contributed by atoms with van der Waals surface area (Å²) in [5.41, 5.74) is 3.07. The Hall–Kier alpha value is -1.98. The molecule has 2 heterocycles. The quantitative estimate of drug-likeness (QED) is 0.614. The summed E-state index contributed by atoms with van der Waals surface area (Å²) in [6.45, 7) is 2.77. The number of fused-ring (bicyclic) bond motifs is 5. The molecule has 1 aliphatic carbocycles. The fourth-order valence-corrected chi connectivity index (χ4v) is 3.64. The summed E-state index contributed by atoms with van der Waals surface area (Å²) < 4.78 is 16.4. The highest BCUT2D eigenvalue weighted by Gasteiger charge is 2.56. The molecule has 1 aromatic rings. The number of rotatable bonds is 2. The van der Waals surface area contributed by atoms with E-state index in [-0.39, 0.29) is 0 Å². The monoisotopic (exact) mass is 300 g/mol. The van der Waals surface area contributed by atoms with Crippen LogP contribution in [0, 0.1) is 11.8 Å². The highest BCUT2D eigenvalue weighted by atomic mass is 16.6. The van der Waals surface area contributed by atoms with Crippen molar-refractivity contribution in [1.29, 1.82) is 0 Å². The Morgan fingerprint density at radius 2 is 1.95 bits per heavy atom. The van der Waals surface area contributed by atoms with E-state index in [1.807, 2.05) is 37.3 Å². The summed E-state index contributed by atoms with van der Waals surface area (Å²) in [5, 5.41) is 0. The first-order valence-electron chi connectivity index (χ1n) is 7.49. The predicted molar refractivity (Wildman–Crippen MR) is 76.5 cm³/mol. The Bertz CT molecular complexity index is 677. The van der Waals surface area contributed by atoms with E-state index in [4.69, 9.17) is 14.2 Å². The van der Waals surface area contributed by atoms with Gasteiger partial charge in [0, 0.05) is 6.61 Å². The molecular formula is C17H16O5. The van der Waals surface area contributed by atoms with Crippen molar-refractivity contribution in [3.8, 4) is 0 Å². The third-order valence-corrected chi connectivity index (χ3v) is 4.57. The molecule has 5 nitrogen and oxygen atoms in total. The number of hydrogen-bond donors (Lipinski definition) is 0. The largest absolute Gasteiger partial charge is 0.393 e. The number of hydrogen-bond acceptors (Lipinski definition) is 5. The van der Waals surface area contributed by atoms with E-state index in [9.17, 15) is 9.59 Å². The average molecular weight is 300 g/mol. The molecule has 114 valence electrons. The summed E-state index contributed by atoms with van der Waals surface area (Å²) in [4.78, 5) is 24.1. The minimum atomic E-state index is -0.614. The zero-order valence-electron chi connectivity index (χ0n) is 12.2. The zero-order valence-corrected chi connectivity index (χ0v) is 12.2. The van der Waals surface area contributed by atoms with Crippen LogP contribution >= 0.6 is 0 Å². The van der Waals surface area contributed by atoms with Crippen molar-refractivity contribution in [2.45, 2.75) is 25.7 Å². The second-order valence-corrected chi connectivity index (χ2v) is 5.72. The van der Waals surface area contributed by atoms with Crippen molar-refractivity contribution in [3.63, 3.8) is 0 Å². The van der Waals surface area contributed by atoms with Gasteiger partial charge in [-0.15, -0.1) is 0 Å². The molecule has 1 saturated heterocycles. The third-order valence-electron chi connectivity index (χ3n) is 4.57. The van der Waals surface area contributed by atoms with E-state index in [1.54, 1.807) is 0 Å². The Kier molecular flexibility index (Phi) is 3.13. The van der Waals surface area contributed by atoms with Crippen molar-refractivity contribution in [1.82, 2.24) is 0 Å². The van der Waals surface area contributed by atoms with E-state index in [0.29, 0.717) is 13.2 Å². The normalized spacial score (nSPS) is 32.7. The first-order chi connectivity index (χ1) is 10.7. The average Bonchev–Trinajstić information content (AvgIpc) is 2.83. The Morgan fingerprint density at radius 3 is 2.77 bits per heavy atom. The third kappa shape index (κ3) is 1.86. The maximum Gasteiger partial charge on any atom is 0.320 e. The summed E-state index contributed by atoms with van der Waals surface area (Å²) in [6, 6.07) is 7.94. The number of benzene rings is 1. The van der Waals surface area contributed by atoms with Crippen LogP contribution in [-0.2, 0) is 30.4 Å². The van der Waals surface area contributed by atoms with Crippen molar-refractivity contribution in [3.05, 3.63) is 41.5 Å². The molecule has 4 atom stereocenters. The zero-order chi connectivity index (χ0) is 15.3. The number of cyclic esters (lactones) is 2. The minimum absolute atomic E-state index is 0.433. The van der Waals surface area contributed by atoms with Gasteiger partial charge in [0.05, 0.1) is 18.8 Å². The van der Waals surface area contributed by atoms with Crippen LogP contribution in [0.4, 0.5) is 0 Å². The second-order valence-electron chi connectivity index (χ2n) is 5.72. The topological polar surface area (TPSA) is 61.8 Å². The van der Waals surface area contributed by atoms with Crippen molar-refractivity contribution >= 4 is 17.5 Å². The molecule has 0 spiro atoms. The van der Waals surface area contributed by atoms with Crippen LogP contribution in [0.3, 0.4) is 0 Å². The Morgan fingerprint density at radius 1 is 1.18 bits per heavy atom. The lowest BCUT2D eigenvalue weighted by Crippen LogP contribution is -2.45.